The molecule has 0 aromatic heterocycles. The summed E-state index contributed by atoms with van der Waals surface area (Å²) in [5.41, 5.74) is 2.61. The Labute approximate surface area is 174 Å². The van der Waals surface area contributed by atoms with E-state index in [0.717, 1.165) is 32.4 Å². The minimum Gasteiger partial charge on any atom is -0.357 e. The maximum absolute atomic E-state index is 11.8. The Bertz CT molecular complexity index is 594. The zero-order valence-electron chi connectivity index (χ0n) is 16.4. The van der Waals surface area contributed by atoms with E-state index in [4.69, 9.17) is 0 Å². The summed E-state index contributed by atoms with van der Waals surface area (Å²) >= 11 is 0. The number of rotatable bonds is 8. The first-order valence-electron chi connectivity index (χ1n) is 9.35. The summed E-state index contributed by atoms with van der Waals surface area (Å²) in [6.07, 6.45) is 3.25. The van der Waals surface area contributed by atoms with Crippen LogP contribution in [0, 0.1) is 0 Å². The van der Waals surface area contributed by atoms with Crippen LogP contribution in [0.2, 0.25) is 0 Å². The molecule has 0 heterocycles. The average Bonchev–Trinajstić information content (AvgIpc) is 3.41. The van der Waals surface area contributed by atoms with Crippen LogP contribution < -0.4 is 16.0 Å². The number of nitrogens with zero attached hydrogens (tertiary/aromatic N) is 1. The SMILES string of the molecule is CCNC(=NCC(=O)NC1CC1)NCC(C)(C)c1ccc(CC)cc1.I. The minimum absolute atomic E-state index is 0. The van der Waals surface area contributed by atoms with Crippen molar-refractivity contribution in [3.05, 3.63) is 35.4 Å². The summed E-state index contributed by atoms with van der Waals surface area (Å²) in [4.78, 5) is 16.2. The molecule has 1 fully saturated rings. The molecule has 6 heteroatoms. The van der Waals surface area contributed by atoms with Gasteiger partial charge in [-0.25, -0.2) is 4.99 Å². The number of amides is 1. The summed E-state index contributed by atoms with van der Waals surface area (Å²) in [7, 11) is 0. The van der Waals surface area contributed by atoms with Gasteiger partial charge < -0.3 is 16.0 Å². The third-order valence-corrected chi connectivity index (χ3v) is 4.51. The number of aliphatic imine (C=N–C) groups is 1. The van der Waals surface area contributed by atoms with Crippen LogP contribution in [0.1, 0.15) is 51.7 Å². The third kappa shape index (κ3) is 7.51. The Kier molecular flexibility index (Phi) is 9.39. The molecule has 2 rings (SSSR count). The van der Waals surface area contributed by atoms with E-state index < -0.39 is 0 Å². The molecule has 1 saturated carbocycles. The highest BCUT2D eigenvalue weighted by molar-refractivity contribution is 14.0. The van der Waals surface area contributed by atoms with Crippen molar-refractivity contribution in [2.24, 2.45) is 4.99 Å². The molecule has 3 N–H and O–H groups in total. The summed E-state index contributed by atoms with van der Waals surface area (Å²) in [6, 6.07) is 9.17. The number of benzene rings is 1. The van der Waals surface area contributed by atoms with Crippen molar-refractivity contribution in [3.63, 3.8) is 0 Å². The molecule has 0 bridgehead atoms. The molecule has 1 aliphatic carbocycles. The van der Waals surface area contributed by atoms with Crippen molar-refractivity contribution < 1.29 is 4.79 Å². The molecule has 0 saturated heterocycles. The van der Waals surface area contributed by atoms with E-state index in [1.54, 1.807) is 0 Å². The van der Waals surface area contributed by atoms with E-state index in [-0.39, 0.29) is 41.8 Å². The average molecular weight is 472 g/mol. The Morgan fingerprint density at radius 2 is 1.81 bits per heavy atom. The maximum Gasteiger partial charge on any atom is 0.242 e. The van der Waals surface area contributed by atoms with Gasteiger partial charge in [0.05, 0.1) is 0 Å². The molecule has 0 aliphatic heterocycles. The van der Waals surface area contributed by atoms with E-state index in [2.05, 4.69) is 66.0 Å². The van der Waals surface area contributed by atoms with Crippen molar-refractivity contribution in [1.82, 2.24) is 16.0 Å². The molecule has 5 nitrogen and oxygen atoms in total. The first-order valence-corrected chi connectivity index (χ1v) is 9.35. The second-order valence-electron chi connectivity index (χ2n) is 7.32. The van der Waals surface area contributed by atoms with Crippen molar-refractivity contribution >= 4 is 35.8 Å². The lowest BCUT2D eigenvalue weighted by Gasteiger charge is -2.27. The fourth-order valence-electron chi connectivity index (χ4n) is 2.59. The molecule has 0 radical (unpaired) electrons. The maximum atomic E-state index is 11.8. The van der Waals surface area contributed by atoms with Gasteiger partial charge >= 0.3 is 0 Å². The number of carbonyl (C=O) groups is 1. The van der Waals surface area contributed by atoms with E-state index in [9.17, 15) is 4.79 Å². The van der Waals surface area contributed by atoms with Gasteiger partial charge in [-0.2, -0.15) is 0 Å². The van der Waals surface area contributed by atoms with Crippen LogP contribution in [0.25, 0.3) is 0 Å². The van der Waals surface area contributed by atoms with Crippen molar-refractivity contribution in [3.8, 4) is 0 Å². The van der Waals surface area contributed by atoms with E-state index in [0.29, 0.717) is 12.0 Å². The number of halogens is 1. The number of hydrogen-bond acceptors (Lipinski definition) is 2. The monoisotopic (exact) mass is 472 g/mol. The first kappa shape index (κ1) is 22.7. The summed E-state index contributed by atoms with van der Waals surface area (Å²) in [5, 5.41) is 9.54. The highest BCUT2D eigenvalue weighted by atomic mass is 127. The van der Waals surface area contributed by atoms with Crippen molar-refractivity contribution in [2.75, 3.05) is 19.6 Å². The molecular formula is C20H33IN4O. The quantitative estimate of drug-likeness (QED) is 0.310. The number of aryl methyl sites for hydroxylation is 1. The van der Waals surface area contributed by atoms with Crippen LogP contribution in [-0.4, -0.2) is 37.5 Å². The topological polar surface area (TPSA) is 65.5 Å². The fourth-order valence-corrected chi connectivity index (χ4v) is 2.59. The van der Waals surface area contributed by atoms with Crippen LogP contribution in [0.3, 0.4) is 0 Å². The van der Waals surface area contributed by atoms with Crippen molar-refractivity contribution in [1.29, 1.82) is 0 Å². The Morgan fingerprint density at radius 1 is 1.15 bits per heavy atom. The van der Waals surface area contributed by atoms with Crippen LogP contribution in [0.4, 0.5) is 0 Å². The first-order chi connectivity index (χ1) is 11.9. The van der Waals surface area contributed by atoms with Gasteiger partial charge in [-0.3, -0.25) is 4.79 Å². The highest BCUT2D eigenvalue weighted by Gasteiger charge is 2.23. The normalized spacial score (nSPS) is 14.4. The van der Waals surface area contributed by atoms with E-state index in [1.807, 2.05) is 6.92 Å². The largest absolute Gasteiger partial charge is 0.357 e. The Morgan fingerprint density at radius 3 is 2.35 bits per heavy atom. The standard InChI is InChI=1S/C20H32N4O.HI/c1-5-15-7-9-16(10-8-15)20(3,4)14-23-19(21-6-2)22-13-18(25)24-17-11-12-17;/h7-10,17H,5-6,11-14H2,1-4H3,(H,24,25)(H2,21,22,23);1H. The number of carbonyl (C=O) groups excluding carboxylic acids is 1. The van der Waals surface area contributed by atoms with Gasteiger partial charge in [-0.05, 0) is 37.3 Å². The lowest BCUT2D eigenvalue weighted by Crippen LogP contribution is -2.44. The second-order valence-corrected chi connectivity index (χ2v) is 7.32. The van der Waals surface area contributed by atoms with Gasteiger partial charge in [0, 0.05) is 24.5 Å². The minimum atomic E-state index is -0.0290. The van der Waals surface area contributed by atoms with Crippen molar-refractivity contribution in [2.45, 2.75) is 58.4 Å². The smallest absolute Gasteiger partial charge is 0.242 e. The second kappa shape index (κ2) is 10.7. The van der Waals surface area contributed by atoms with Crippen LogP contribution in [-0.2, 0) is 16.6 Å². The number of nitrogens with one attached hydrogen (secondary N) is 3. The molecule has 0 atom stereocenters. The van der Waals surface area contributed by atoms with Gasteiger partial charge in [0.25, 0.3) is 0 Å². The van der Waals surface area contributed by atoms with Gasteiger partial charge in [-0.15, -0.1) is 24.0 Å². The van der Waals surface area contributed by atoms with Crippen LogP contribution >= 0.6 is 24.0 Å². The molecular weight excluding hydrogens is 439 g/mol. The third-order valence-electron chi connectivity index (χ3n) is 4.51. The zero-order valence-corrected chi connectivity index (χ0v) is 18.7. The summed E-state index contributed by atoms with van der Waals surface area (Å²) in [5.74, 6) is 0.681. The van der Waals surface area contributed by atoms with Gasteiger partial charge in [0.15, 0.2) is 5.96 Å². The van der Waals surface area contributed by atoms with Gasteiger partial charge in [-0.1, -0.05) is 45.0 Å². The van der Waals surface area contributed by atoms with E-state index >= 15 is 0 Å². The fraction of sp³-hybridized carbons (Fsp3) is 0.600. The molecule has 0 spiro atoms. The molecule has 146 valence electrons. The molecule has 1 amide bonds. The van der Waals surface area contributed by atoms with Crippen LogP contribution in [0.5, 0.6) is 0 Å². The predicted molar refractivity (Wildman–Crippen MR) is 119 cm³/mol. The van der Waals surface area contributed by atoms with Crippen LogP contribution in [0.15, 0.2) is 29.3 Å². The Hall–Kier alpha value is -1.31. The lowest BCUT2D eigenvalue weighted by atomic mass is 9.84. The number of hydrogen-bond donors (Lipinski definition) is 3. The molecule has 26 heavy (non-hydrogen) atoms. The number of guanidine groups is 1. The highest BCUT2D eigenvalue weighted by Crippen LogP contribution is 2.22. The summed E-state index contributed by atoms with van der Waals surface area (Å²) in [6.45, 7) is 10.3. The molecule has 0 unspecified atom stereocenters. The molecule has 1 aromatic rings. The van der Waals surface area contributed by atoms with Gasteiger partial charge in [0.2, 0.25) is 5.91 Å². The lowest BCUT2D eigenvalue weighted by molar-refractivity contribution is -0.119. The van der Waals surface area contributed by atoms with Gasteiger partial charge in [0.1, 0.15) is 6.54 Å². The molecule has 1 aliphatic rings. The Balaban J connectivity index is 0.00000338. The zero-order chi connectivity index (χ0) is 18.3. The summed E-state index contributed by atoms with van der Waals surface area (Å²) < 4.78 is 0. The molecule has 1 aromatic carbocycles. The predicted octanol–water partition coefficient (Wildman–Crippen LogP) is 2.98. The van der Waals surface area contributed by atoms with E-state index in [1.165, 1.54) is 11.1 Å².